The fraction of sp³-hybridized carbons (Fsp3) is 0.286. The Hall–Kier alpha value is -1.61. The van der Waals surface area contributed by atoms with E-state index in [4.69, 9.17) is 22.9 Å². The number of nitrogens with two attached hydrogens (primary N) is 1. The van der Waals surface area contributed by atoms with Gasteiger partial charge < -0.3 is 5.73 Å². The zero-order valence-electron chi connectivity index (χ0n) is 12.6. The van der Waals surface area contributed by atoms with Crippen LogP contribution in [0.2, 0.25) is 0 Å². The SMILES string of the molecule is Cl.N=C(N)N(Cl)c1cncc2cc(S(=O)(=O)N3CCCC3)ccc12. The van der Waals surface area contributed by atoms with Crippen molar-refractivity contribution in [3.05, 3.63) is 30.6 Å². The average molecular weight is 390 g/mol. The van der Waals surface area contributed by atoms with Crippen LogP contribution in [-0.2, 0) is 10.0 Å². The molecule has 2 aromatic rings. The lowest BCUT2D eigenvalue weighted by molar-refractivity contribution is 0.477. The van der Waals surface area contributed by atoms with Crippen LogP contribution in [0.5, 0.6) is 0 Å². The molecule has 130 valence electrons. The Bertz CT molecular complexity index is 869. The first-order chi connectivity index (χ1) is 10.9. The highest BCUT2D eigenvalue weighted by Gasteiger charge is 2.27. The van der Waals surface area contributed by atoms with E-state index in [1.165, 1.54) is 10.5 Å². The van der Waals surface area contributed by atoms with Gasteiger partial charge in [-0.25, -0.2) is 12.8 Å². The summed E-state index contributed by atoms with van der Waals surface area (Å²) in [6.45, 7) is 1.11. The first-order valence-corrected chi connectivity index (χ1v) is 8.87. The topological polar surface area (TPSA) is 103 Å². The van der Waals surface area contributed by atoms with Crippen LogP contribution in [0.3, 0.4) is 0 Å². The van der Waals surface area contributed by atoms with Crippen molar-refractivity contribution in [2.75, 3.05) is 17.5 Å². The van der Waals surface area contributed by atoms with Gasteiger partial charge in [0.15, 0.2) is 0 Å². The number of guanidine groups is 1. The predicted molar refractivity (Wildman–Crippen MR) is 97.2 cm³/mol. The first kappa shape index (κ1) is 18.7. The summed E-state index contributed by atoms with van der Waals surface area (Å²) in [5.41, 5.74) is 5.82. The van der Waals surface area contributed by atoms with Crippen LogP contribution in [0.1, 0.15) is 12.8 Å². The Morgan fingerprint density at radius 1 is 1.29 bits per heavy atom. The third kappa shape index (κ3) is 3.27. The number of halogens is 2. The molecule has 7 nitrogen and oxygen atoms in total. The highest BCUT2D eigenvalue weighted by molar-refractivity contribution is 7.89. The zero-order valence-corrected chi connectivity index (χ0v) is 15.0. The molecule has 0 amide bonds. The molecule has 0 aliphatic carbocycles. The van der Waals surface area contributed by atoms with Gasteiger partial charge in [0.25, 0.3) is 0 Å². The molecule has 1 fully saturated rings. The monoisotopic (exact) mass is 389 g/mol. The van der Waals surface area contributed by atoms with E-state index >= 15 is 0 Å². The molecular weight excluding hydrogens is 373 g/mol. The Kier molecular flexibility index (Phi) is 5.54. The first-order valence-electron chi connectivity index (χ1n) is 7.09. The molecule has 3 N–H and O–H groups in total. The summed E-state index contributed by atoms with van der Waals surface area (Å²) in [6, 6.07) is 4.78. The smallest absolute Gasteiger partial charge is 0.243 e. The summed E-state index contributed by atoms with van der Waals surface area (Å²) >= 11 is 5.97. The quantitative estimate of drug-likeness (QED) is 0.476. The van der Waals surface area contributed by atoms with Crippen LogP contribution in [0.4, 0.5) is 5.69 Å². The van der Waals surface area contributed by atoms with Gasteiger partial charge >= 0.3 is 0 Å². The zero-order chi connectivity index (χ0) is 16.6. The minimum atomic E-state index is -3.49. The summed E-state index contributed by atoms with van der Waals surface area (Å²) in [5.74, 6) is -0.338. The third-order valence-corrected chi connectivity index (χ3v) is 6.09. The normalized spacial score (nSPS) is 15.2. The van der Waals surface area contributed by atoms with Crippen molar-refractivity contribution < 1.29 is 8.42 Å². The molecule has 24 heavy (non-hydrogen) atoms. The number of pyridine rings is 1. The summed E-state index contributed by atoms with van der Waals surface area (Å²) in [6.07, 6.45) is 4.81. The maximum Gasteiger partial charge on any atom is 0.243 e. The minimum absolute atomic E-state index is 0. The van der Waals surface area contributed by atoms with Gasteiger partial charge in [-0.15, -0.1) is 12.4 Å². The molecule has 2 heterocycles. The van der Waals surface area contributed by atoms with Gasteiger partial charge in [0.1, 0.15) is 0 Å². The number of aromatic nitrogens is 1. The van der Waals surface area contributed by atoms with Crippen molar-refractivity contribution in [1.29, 1.82) is 5.41 Å². The summed E-state index contributed by atoms with van der Waals surface area (Å²) in [5, 5.41) is 8.70. The lowest BCUT2D eigenvalue weighted by Gasteiger charge is -2.17. The maximum absolute atomic E-state index is 12.6. The van der Waals surface area contributed by atoms with E-state index in [0.29, 0.717) is 29.5 Å². The number of hydrogen-bond acceptors (Lipinski definition) is 4. The number of sulfonamides is 1. The molecule has 0 saturated carbocycles. The standard InChI is InChI=1S/C14H16ClN5O2S.ClH/c15-20(14(16)17)13-9-18-8-10-7-11(3-4-12(10)13)23(21,22)19-5-1-2-6-19;/h3-4,7-9H,1-2,5-6H2,(H3,16,17);1H. The van der Waals surface area contributed by atoms with Crippen molar-refractivity contribution in [2.24, 2.45) is 5.73 Å². The van der Waals surface area contributed by atoms with E-state index in [9.17, 15) is 8.42 Å². The molecule has 0 spiro atoms. The molecule has 1 aromatic carbocycles. The molecular formula is C14H17Cl2N5O2S. The van der Waals surface area contributed by atoms with Crippen molar-refractivity contribution >= 4 is 56.6 Å². The van der Waals surface area contributed by atoms with Crippen LogP contribution in [0.25, 0.3) is 10.8 Å². The number of nitrogens with zero attached hydrogens (tertiary/aromatic N) is 3. The molecule has 1 aliphatic rings. The highest BCUT2D eigenvalue weighted by Crippen LogP contribution is 2.30. The predicted octanol–water partition coefficient (Wildman–Crippen LogP) is 2.29. The summed E-state index contributed by atoms with van der Waals surface area (Å²) < 4.78 is 27.7. The van der Waals surface area contributed by atoms with E-state index in [0.717, 1.165) is 17.3 Å². The second-order valence-electron chi connectivity index (χ2n) is 5.32. The Labute approximate surface area is 151 Å². The summed E-state index contributed by atoms with van der Waals surface area (Å²) in [4.78, 5) is 4.28. The van der Waals surface area contributed by atoms with Gasteiger partial charge in [0, 0.05) is 41.8 Å². The van der Waals surface area contributed by atoms with E-state index in [1.54, 1.807) is 24.4 Å². The molecule has 10 heteroatoms. The van der Waals surface area contributed by atoms with Crippen molar-refractivity contribution in [3.63, 3.8) is 0 Å². The highest BCUT2D eigenvalue weighted by atomic mass is 35.5. The van der Waals surface area contributed by atoms with Crippen molar-refractivity contribution in [1.82, 2.24) is 9.29 Å². The van der Waals surface area contributed by atoms with E-state index in [1.807, 2.05) is 0 Å². The third-order valence-electron chi connectivity index (χ3n) is 3.84. The van der Waals surface area contributed by atoms with E-state index in [-0.39, 0.29) is 23.3 Å². The summed E-state index contributed by atoms with van der Waals surface area (Å²) in [7, 11) is -3.49. The lowest BCUT2D eigenvalue weighted by Crippen LogP contribution is -2.28. The fourth-order valence-corrected chi connectivity index (χ4v) is 4.35. The molecule has 1 aliphatic heterocycles. The number of hydrogen-bond donors (Lipinski definition) is 2. The van der Waals surface area contributed by atoms with E-state index in [2.05, 4.69) is 4.98 Å². The number of benzene rings is 1. The van der Waals surface area contributed by atoms with Crippen molar-refractivity contribution in [3.8, 4) is 0 Å². The average Bonchev–Trinajstić information content (AvgIpc) is 3.08. The van der Waals surface area contributed by atoms with Crippen LogP contribution >= 0.6 is 24.2 Å². The van der Waals surface area contributed by atoms with Gasteiger partial charge in [-0.3, -0.25) is 10.4 Å². The Balaban J connectivity index is 0.00000208. The van der Waals surface area contributed by atoms with Crippen LogP contribution < -0.4 is 10.2 Å². The van der Waals surface area contributed by atoms with Gasteiger partial charge in [0.2, 0.25) is 16.0 Å². The van der Waals surface area contributed by atoms with Gasteiger partial charge in [-0.2, -0.15) is 4.31 Å². The number of fused-ring (bicyclic) bond motifs is 1. The lowest BCUT2D eigenvalue weighted by atomic mass is 10.1. The van der Waals surface area contributed by atoms with Crippen LogP contribution in [0.15, 0.2) is 35.5 Å². The number of anilines is 1. The number of nitrogens with one attached hydrogen (secondary N) is 1. The Morgan fingerprint density at radius 3 is 2.58 bits per heavy atom. The van der Waals surface area contributed by atoms with E-state index < -0.39 is 10.0 Å². The molecule has 1 aromatic heterocycles. The second kappa shape index (κ2) is 7.10. The van der Waals surface area contributed by atoms with Gasteiger partial charge in [0.05, 0.1) is 16.8 Å². The molecule has 3 rings (SSSR count). The molecule has 0 unspecified atom stereocenters. The molecule has 0 radical (unpaired) electrons. The fourth-order valence-electron chi connectivity index (χ4n) is 2.66. The molecule has 1 saturated heterocycles. The maximum atomic E-state index is 12.6. The molecule has 0 bridgehead atoms. The second-order valence-corrected chi connectivity index (χ2v) is 7.59. The minimum Gasteiger partial charge on any atom is -0.369 e. The van der Waals surface area contributed by atoms with Crippen molar-refractivity contribution in [2.45, 2.75) is 17.7 Å². The van der Waals surface area contributed by atoms with Crippen LogP contribution in [-0.4, -0.2) is 36.8 Å². The molecule has 0 atom stereocenters. The van der Waals surface area contributed by atoms with Gasteiger partial charge in [-0.05, 0) is 25.0 Å². The number of rotatable bonds is 3. The van der Waals surface area contributed by atoms with Gasteiger partial charge in [-0.1, -0.05) is 6.07 Å². The Morgan fingerprint density at radius 2 is 1.96 bits per heavy atom. The largest absolute Gasteiger partial charge is 0.369 e. The van der Waals surface area contributed by atoms with Crippen LogP contribution in [0, 0.1) is 5.41 Å².